The molecular weight excluding hydrogens is 134 g/mol. The van der Waals surface area contributed by atoms with E-state index in [4.69, 9.17) is 5.26 Å². The largest absolute Gasteiger partial charge is 0.266 e. The van der Waals surface area contributed by atoms with Crippen molar-refractivity contribution in [3.63, 3.8) is 0 Å². The van der Waals surface area contributed by atoms with Crippen LogP contribution in [0.25, 0.3) is 0 Å². The average molecular weight is 141 g/mol. The first-order chi connectivity index (χ1) is 3.81. The number of hydrogen-bond donors (Lipinski definition) is 2. The van der Waals surface area contributed by atoms with Crippen molar-refractivity contribution in [1.82, 2.24) is 4.72 Å². The zero-order chi connectivity index (χ0) is 6.41. The van der Waals surface area contributed by atoms with Crippen LogP contribution in [0.5, 0.6) is 0 Å². The molecule has 2 N–H and O–H groups in total. The molecule has 6 heteroatoms. The molecule has 0 aromatic carbocycles. The summed E-state index contributed by atoms with van der Waals surface area (Å²) in [5.41, 5.74) is 0. The minimum Gasteiger partial charge on any atom is -0.220 e. The summed E-state index contributed by atoms with van der Waals surface area (Å²) in [6, 6.07) is 0. The van der Waals surface area contributed by atoms with Crippen LogP contribution in [-0.4, -0.2) is 16.0 Å². The van der Waals surface area contributed by atoms with Crippen LogP contribution in [0.2, 0.25) is 0 Å². The van der Waals surface area contributed by atoms with Gasteiger partial charge in [0.2, 0.25) is 0 Å². The molecule has 8 heavy (non-hydrogen) atoms. The molecule has 0 amide bonds. The van der Waals surface area contributed by atoms with Gasteiger partial charge in [-0.05, 0) is 0 Å². The van der Waals surface area contributed by atoms with E-state index in [2.05, 4.69) is 14.1 Å². The van der Waals surface area contributed by atoms with E-state index in [1.807, 2.05) is 0 Å². The van der Waals surface area contributed by atoms with E-state index in [1.54, 1.807) is 6.92 Å². The summed E-state index contributed by atoms with van der Waals surface area (Å²) in [6.45, 7) is 2.22. The first-order valence-electron chi connectivity index (χ1n) is 1.95. The van der Waals surface area contributed by atoms with Gasteiger partial charge in [0, 0.05) is 6.54 Å². The minimum absolute atomic E-state index is 0.482. The maximum absolute atomic E-state index is 10.1. The highest BCUT2D eigenvalue weighted by atomic mass is 32.2. The summed E-state index contributed by atoms with van der Waals surface area (Å²) in [7, 11) is 0. The molecule has 5 nitrogen and oxygen atoms in total. The second-order valence-electron chi connectivity index (χ2n) is 0.875. The molecule has 0 aliphatic rings. The molecule has 0 spiro atoms. The van der Waals surface area contributed by atoms with Gasteiger partial charge in [0.1, 0.15) is 0 Å². The van der Waals surface area contributed by atoms with Gasteiger partial charge in [-0.25, -0.2) is 14.2 Å². The van der Waals surface area contributed by atoms with Gasteiger partial charge in [-0.1, -0.05) is 16.3 Å². The van der Waals surface area contributed by atoms with Crippen molar-refractivity contribution in [3.05, 3.63) is 0 Å². The summed E-state index contributed by atoms with van der Waals surface area (Å²) >= 11 is -1.74. The summed E-state index contributed by atoms with van der Waals surface area (Å²) < 4.78 is 16.1. The van der Waals surface area contributed by atoms with E-state index in [1.165, 1.54) is 0 Å². The molecule has 0 saturated heterocycles. The molecule has 0 rings (SSSR count). The summed E-state index contributed by atoms with van der Waals surface area (Å²) in [5, 5.41) is 10.6. The highest BCUT2D eigenvalue weighted by Crippen LogP contribution is 1.76. The normalized spacial score (nSPS) is 13.8. The lowest BCUT2D eigenvalue weighted by atomic mass is 10.8. The van der Waals surface area contributed by atoms with Gasteiger partial charge >= 0.3 is 0 Å². The fourth-order valence-electron chi connectivity index (χ4n) is 0.170. The van der Waals surface area contributed by atoms with Crippen molar-refractivity contribution < 1.29 is 18.8 Å². The van der Waals surface area contributed by atoms with E-state index in [0.717, 1.165) is 0 Å². The molecule has 0 radical (unpaired) electrons. The first kappa shape index (κ1) is 7.99. The van der Waals surface area contributed by atoms with E-state index in [-0.39, 0.29) is 0 Å². The zero-order valence-corrected chi connectivity index (χ0v) is 5.10. The molecule has 50 valence electrons. The van der Waals surface area contributed by atoms with Crippen LogP contribution in [-0.2, 0) is 20.6 Å². The highest BCUT2D eigenvalue weighted by Gasteiger charge is 1.93. The van der Waals surface area contributed by atoms with Crippen molar-refractivity contribution in [2.24, 2.45) is 0 Å². The third-order valence-electron chi connectivity index (χ3n) is 0.354. The zero-order valence-electron chi connectivity index (χ0n) is 4.29. The molecule has 1 atom stereocenters. The van der Waals surface area contributed by atoms with Crippen LogP contribution in [0.4, 0.5) is 0 Å². The molecular formula is C2H7NO4S. The third-order valence-corrected chi connectivity index (χ3v) is 1.06. The van der Waals surface area contributed by atoms with Crippen molar-refractivity contribution in [2.75, 3.05) is 6.54 Å². The van der Waals surface area contributed by atoms with Gasteiger partial charge < -0.3 is 0 Å². The van der Waals surface area contributed by atoms with Gasteiger partial charge in [0.25, 0.3) is 11.3 Å². The quantitative estimate of drug-likeness (QED) is 0.412. The summed E-state index contributed by atoms with van der Waals surface area (Å²) in [5.74, 6) is 0. The van der Waals surface area contributed by atoms with Gasteiger partial charge in [0.15, 0.2) is 0 Å². The molecule has 0 bridgehead atoms. The lowest BCUT2D eigenvalue weighted by Crippen LogP contribution is -2.17. The van der Waals surface area contributed by atoms with Crippen LogP contribution in [0.15, 0.2) is 0 Å². The molecule has 0 aliphatic heterocycles. The van der Waals surface area contributed by atoms with Crippen LogP contribution in [0, 0.1) is 0 Å². The first-order valence-corrected chi connectivity index (χ1v) is 3.02. The SMILES string of the molecule is CCNS(=O)OOO. The number of nitrogens with one attached hydrogen (secondary N) is 1. The molecule has 0 saturated carbocycles. The number of rotatable bonds is 4. The Labute approximate surface area is 49.3 Å². The Bertz CT molecular complexity index is 68.4. The van der Waals surface area contributed by atoms with Gasteiger partial charge in [-0.15, -0.1) is 0 Å². The molecule has 0 aromatic rings. The smallest absolute Gasteiger partial charge is 0.220 e. The van der Waals surface area contributed by atoms with Crippen molar-refractivity contribution >= 4 is 11.3 Å². The van der Waals surface area contributed by atoms with E-state index in [9.17, 15) is 4.21 Å². The Kier molecular flexibility index (Phi) is 5.13. The topological polar surface area (TPSA) is 67.8 Å². The Balaban J connectivity index is 3.06. The standard InChI is InChI=1S/C2H7NO4S/c1-2-3-8(5)7-6-4/h3-4H,2H2,1H3. The van der Waals surface area contributed by atoms with Crippen molar-refractivity contribution in [3.8, 4) is 0 Å². The average Bonchev–Trinajstić information content (AvgIpc) is 1.68. The van der Waals surface area contributed by atoms with Gasteiger partial charge in [0.05, 0.1) is 0 Å². The molecule has 0 aromatic heterocycles. The van der Waals surface area contributed by atoms with Crippen molar-refractivity contribution in [1.29, 1.82) is 0 Å². The van der Waals surface area contributed by atoms with Crippen LogP contribution < -0.4 is 4.72 Å². The second-order valence-corrected chi connectivity index (χ2v) is 1.77. The molecule has 0 aliphatic carbocycles. The monoisotopic (exact) mass is 141 g/mol. The Morgan fingerprint density at radius 3 is 2.88 bits per heavy atom. The van der Waals surface area contributed by atoms with Gasteiger partial charge in [-0.2, -0.15) is 0 Å². The fraction of sp³-hybridized carbons (Fsp3) is 1.00. The van der Waals surface area contributed by atoms with Crippen LogP contribution in [0.1, 0.15) is 6.92 Å². The minimum atomic E-state index is -1.74. The Morgan fingerprint density at radius 1 is 1.88 bits per heavy atom. The molecule has 0 fully saturated rings. The molecule has 1 unspecified atom stereocenters. The third kappa shape index (κ3) is 4.16. The summed E-state index contributed by atoms with van der Waals surface area (Å²) in [6.07, 6.45) is 0. The highest BCUT2D eigenvalue weighted by molar-refractivity contribution is 7.78. The lowest BCUT2D eigenvalue weighted by molar-refractivity contribution is -0.435. The fourth-order valence-corrected chi connectivity index (χ4v) is 0.509. The maximum Gasteiger partial charge on any atom is 0.266 e. The number of hydrogen-bond acceptors (Lipinski definition) is 4. The van der Waals surface area contributed by atoms with Gasteiger partial charge in [-0.3, -0.25) is 0 Å². The second kappa shape index (κ2) is 5.13. The lowest BCUT2D eigenvalue weighted by Gasteiger charge is -1.93. The molecule has 0 heterocycles. The Morgan fingerprint density at radius 2 is 2.50 bits per heavy atom. The Hall–Kier alpha value is -0.0100. The van der Waals surface area contributed by atoms with Crippen LogP contribution in [0.3, 0.4) is 0 Å². The predicted molar refractivity (Wildman–Crippen MR) is 26.6 cm³/mol. The van der Waals surface area contributed by atoms with Crippen molar-refractivity contribution in [2.45, 2.75) is 6.92 Å². The van der Waals surface area contributed by atoms with E-state index < -0.39 is 11.3 Å². The van der Waals surface area contributed by atoms with Crippen LogP contribution >= 0.6 is 0 Å². The van der Waals surface area contributed by atoms with E-state index >= 15 is 0 Å². The van der Waals surface area contributed by atoms with E-state index in [0.29, 0.717) is 6.54 Å². The predicted octanol–water partition coefficient (Wildman–Crippen LogP) is -0.404. The maximum atomic E-state index is 10.1. The summed E-state index contributed by atoms with van der Waals surface area (Å²) in [4.78, 5) is 0.